The van der Waals surface area contributed by atoms with Crippen LogP contribution in [0.4, 0.5) is 0 Å². The molecule has 112 valence electrons. The summed E-state index contributed by atoms with van der Waals surface area (Å²) in [6.45, 7) is 3.34. The van der Waals surface area contributed by atoms with Crippen LogP contribution >= 0.6 is 0 Å². The van der Waals surface area contributed by atoms with Crippen LogP contribution in [0.3, 0.4) is 0 Å². The van der Waals surface area contributed by atoms with Gasteiger partial charge in [-0.15, -0.1) is 0 Å². The van der Waals surface area contributed by atoms with E-state index in [1.165, 1.54) is 15.7 Å². The Labute approximate surface area is 115 Å². The van der Waals surface area contributed by atoms with Gasteiger partial charge in [-0.3, -0.25) is 4.79 Å². The number of unbranched alkanes of at least 4 members (excludes halogenated alkanes) is 1. The molecule has 1 heterocycles. The molecule has 0 bridgehead atoms. The third-order valence-corrected chi connectivity index (χ3v) is 5.52. The highest BCUT2D eigenvalue weighted by Gasteiger charge is 2.33. The van der Waals surface area contributed by atoms with E-state index < -0.39 is 10.2 Å². The van der Waals surface area contributed by atoms with Crippen molar-refractivity contribution < 1.29 is 17.9 Å². The van der Waals surface area contributed by atoms with E-state index in [0.29, 0.717) is 32.5 Å². The first-order valence-electron chi connectivity index (χ1n) is 6.72. The van der Waals surface area contributed by atoms with Crippen molar-refractivity contribution in [3.63, 3.8) is 0 Å². The Morgan fingerprint density at radius 3 is 2.42 bits per heavy atom. The molecule has 1 aliphatic heterocycles. The lowest BCUT2D eigenvalue weighted by Crippen LogP contribution is -2.46. The second-order valence-electron chi connectivity index (χ2n) is 4.88. The summed E-state index contributed by atoms with van der Waals surface area (Å²) in [4.78, 5) is 11.4. The van der Waals surface area contributed by atoms with Gasteiger partial charge in [-0.2, -0.15) is 17.0 Å². The monoisotopic (exact) mass is 292 g/mol. The zero-order chi connectivity index (χ0) is 14.5. The van der Waals surface area contributed by atoms with Crippen LogP contribution in [0, 0.1) is 5.92 Å². The Balaban J connectivity index is 2.56. The van der Waals surface area contributed by atoms with Crippen LogP contribution in [-0.2, 0) is 19.7 Å². The molecule has 1 saturated heterocycles. The molecule has 0 aromatic heterocycles. The molecule has 0 unspecified atom stereocenters. The molecule has 0 aromatic carbocycles. The van der Waals surface area contributed by atoms with Crippen LogP contribution < -0.4 is 0 Å². The molecule has 0 spiro atoms. The first-order chi connectivity index (χ1) is 8.93. The third kappa shape index (κ3) is 4.15. The molecule has 0 radical (unpaired) electrons. The molecule has 0 N–H and O–H groups in total. The lowest BCUT2D eigenvalue weighted by Gasteiger charge is -2.32. The van der Waals surface area contributed by atoms with Gasteiger partial charge in [0.2, 0.25) is 0 Å². The second kappa shape index (κ2) is 7.21. The number of methoxy groups -OCH3 is 1. The molecule has 0 saturated carbocycles. The Kier molecular flexibility index (Phi) is 6.22. The Hall–Kier alpha value is -0.660. The van der Waals surface area contributed by atoms with Crippen LogP contribution in [0.15, 0.2) is 0 Å². The summed E-state index contributed by atoms with van der Waals surface area (Å²) in [6.07, 6.45) is 2.89. The van der Waals surface area contributed by atoms with Crippen molar-refractivity contribution in [2.24, 2.45) is 5.92 Å². The number of rotatable bonds is 6. The average molecular weight is 292 g/mol. The Morgan fingerprint density at radius 1 is 1.37 bits per heavy atom. The summed E-state index contributed by atoms with van der Waals surface area (Å²) in [5.41, 5.74) is 0. The van der Waals surface area contributed by atoms with Crippen LogP contribution in [0.2, 0.25) is 0 Å². The minimum absolute atomic E-state index is 0.169. The predicted molar refractivity (Wildman–Crippen MR) is 72.8 cm³/mol. The van der Waals surface area contributed by atoms with Crippen molar-refractivity contribution in [2.45, 2.75) is 32.6 Å². The molecule has 1 aliphatic rings. The van der Waals surface area contributed by atoms with Gasteiger partial charge in [0.25, 0.3) is 10.2 Å². The lowest BCUT2D eigenvalue weighted by atomic mass is 9.99. The zero-order valence-corrected chi connectivity index (χ0v) is 12.8. The number of esters is 1. The van der Waals surface area contributed by atoms with Crippen molar-refractivity contribution in [1.82, 2.24) is 8.61 Å². The van der Waals surface area contributed by atoms with E-state index in [2.05, 4.69) is 0 Å². The number of nitrogens with zero attached hydrogens (tertiary/aromatic N) is 2. The molecule has 0 aromatic rings. The van der Waals surface area contributed by atoms with Crippen LogP contribution in [-0.4, -0.2) is 56.8 Å². The summed E-state index contributed by atoms with van der Waals surface area (Å²) >= 11 is 0. The second-order valence-corrected chi connectivity index (χ2v) is 6.91. The summed E-state index contributed by atoms with van der Waals surface area (Å²) in [5.74, 6) is -0.409. The van der Waals surface area contributed by atoms with E-state index in [1.807, 2.05) is 6.92 Å². The first kappa shape index (κ1) is 16.4. The number of ether oxygens (including phenoxy) is 1. The van der Waals surface area contributed by atoms with E-state index in [4.69, 9.17) is 4.74 Å². The fourth-order valence-electron chi connectivity index (χ4n) is 2.18. The van der Waals surface area contributed by atoms with Gasteiger partial charge in [0.15, 0.2) is 0 Å². The minimum atomic E-state index is -3.38. The smallest absolute Gasteiger partial charge is 0.308 e. The van der Waals surface area contributed by atoms with E-state index >= 15 is 0 Å². The highest BCUT2D eigenvalue weighted by Crippen LogP contribution is 2.21. The van der Waals surface area contributed by atoms with Gasteiger partial charge in [-0.25, -0.2) is 0 Å². The Bertz CT molecular complexity index is 389. The summed E-state index contributed by atoms with van der Waals surface area (Å²) in [6, 6.07) is 0. The maximum Gasteiger partial charge on any atom is 0.308 e. The highest BCUT2D eigenvalue weighted by atomic mass is 32.2. The Morgan fingerprint density at radius 2 is 1.95 bits per heavy atom. The van der Waals surface area contributed by atoms with Crippen molar-refractivity contribution in [3.8, 4) is 0 Å². The van der Waals surface area contributed by atoms with Crippen molar-refractivity contribution >= 4 is 16.2 Å². The molecular weight excluding hydrogens is 268 g/mol. The van der Waals surface area contributed by atoms with Crippen LogP contribution in [0.5, 0.6) is 0 Å². The van der Waals surface area contributed by atoms with Gasteiger partial charge >= 0.3 is 5.97 Å². The van der Waals surface area contributed by atoms with Gasteiger partial charge in [-0.1, -0.05) is 13.3 Å². The number of carbonyl (C=O) groups is 1. The predicted octanol–water partition coefficient (Wildman–Crippen LogP) is 0.848. The van der Waals surface area contributed by atoms with E-state index in [-0.39, 0.29) is 11.9 Å². The van der Waals surface area contributed by atoms with Gasteiger partial charge in [0.05, 0.1) is 13.0 Å². The van der Waals surface area contributed by atoms with Gasteiger partial charge in [0, 0.05) is 26.7 Å². The molecule has 1 fully saturated rings. The summed E-state index contributed by atoms with van der Waals surface area (Å²) in [5, 5.41) is 0. The van der Waals surface area contributed by atoms with Gasteiger partial charge in [0.1, 0.15) is 0 Å². The van der Waals surface area contributed by atoms with E-state index in [1.54, 1.807) is 7.05 Å². The standard InChI is InChI=1S/C12H24N2O4S/c1-4-5-8-13(2)19(16,17)14-9-6-11(7-10-14)12(15)18-3/h11H,4-10H2,1-3H3. The molecule has 0 atom stereocenters. The topological polar surface area (TPSA) is 66.9 Å². The SMILES string of the molecule is CCCCN(C)S(=O)(=O)N1CCC(C(=O)OC)CC1. The molecule has 1 rings (SSSR count). The van der Waals surface area contributed by atoms with Gasteiger partial charge < -0.3 is 4.74 Å². The lowest BCUT2D eigenvalue weighted by molar-refractivity contribution is -0.146. The quantitative estimate of drug-likeness (QED) is 0.681. The molecule has 0 amide bonds. The number of hydrogen-bond acceptors (Lipinski definition) is 4. The number of piperidine rings is 1. The maximum absolute atomic E-state index is 12.3. The molecule has 7 heteroatoms. The van der Waals surface area contributed by atoms with E-state index in [0.717, 1.165) is 12.8 Å². The molecule has 0 aliphatic carbocycles. The number of carbonyl (C=O) groups excluding carboxylic acids is 1. The third-order valence-electron chi connectivity index (χ3n) is 3.54. The first-order valence-corrected chi connectivity index (χ1v) is 8.12. The normalized spacial score (nSPS) is 18.7. The van der Waals surface area contributed by atoms with Crippen molar-refractivity contribution in [2.75, 3.05) is 33.8 Å². The maximum atomic E-state index is 12.3. The fraction of sp³-hybridized carbons (Fsp3) is 0.917. The average Bonchev–Trinajstić information content (AvgIpc) is 2.43. The summed E-state index contributed by atoms with van der Waals surface area (Å²) in [7, 11) is -0.402. The number of hydrogen-bond donors (Lipinski definition) is 0. The molecule has 19 heavy (non-hydrogen) atoms. The van der Waals surface area contributed by atoms with Crippen LogP contribution in [0.25, 0.3) is 0 Å². The van der Waals surface area contributed by atoms with Gasteiger partial charge in [-0.05, 0) is 19.3 Å². The van der Waals surface area contributed by atoms with Crippen LogP contribution in [0.1, 0.15) is 32.6 Å². The van der Waals surface area contributed by atoms with E-state index in [9.17, 15) is 13.2 Å². The minimum Gasteiger partial charge on any atom is -0.469 e. The summed E-state index contributed by atoms with van der Waals surface area (Å²) < 4.78 is 32.1. The highest BCUT2D eigenvalue weighted by molar-refractivity contribution is 7.86. The largest absolute Gasteiger partial charge is 0.469 e. The fourth-order valence-corrected chi connectivity index (χ4v) is 3.61. The zero-order valence-electron chi connectivity index (χ0n) is 12.0. The van der Waals surface area contributed by atoms with Crippen molar-refractivity contribution in [1.29, 1.82) is 0 Å². The molecule has 6 nitrogen and oxygen atoms in total. The van der Waals surface area contributed by atoms with Crippen molar-refractivity contribution in [3.05, 3.63) is 0 Å². The molecular formula is C12H24N2O4S.